The molecule has 38 heavy (non-hydrogen) atoms. The highest BCUT2D eigenvalue weighted by molar-refractivity contribution is 7.92. The molecule has 11 nitrogen and oxygen atoms in total. The van der Waals surface area contributed by atoms with Crippen molar-refractivity contribution < 1.29 is 32.6 Å². The Kier molecular flexibility index (Phi) is 8.29. The standard InChI is InChI=1S/C25H28N4O7S2/c1-29(25(32)33)18-8-3-15(4-9-18)16-5-10-19-20(13-16)37-24(28-19)22(38(34,35)12-11-36-2)23(31)26-14-21(30)27-17-6-7-17/h3-5,8-10,13,17,22H,6-7,11-12,14H2,1-2H3,(H,26,31)(H,27,30)(H,32,33). The molecule has 4 rings (SSSR count). The number of carbonyl (C=O) groups excluding carboxylic acids is 2. The molecule has 0 bridgehead atoms. The second-order valence-corrected chi connectivity index (χ2v) is 12.2. The Balaban J connectivity index is 1.60. The molecular formula is C25H28N4O7S2. The predicted molar refractivity (Wildman–Crippen MR) is 144 cm³/mol. The van der Waals surface area contributed by atoms with Crippen LogP contribution in [-0.2, 0) is 24.2 Å². The van der Waals surface area contributed by atoms with Crippen molar-refractivity contribution in [3.05, 3.63) is 47.5 Å². The number of rotatable bonds is 11. The van der Waals surface area contributed by atoms with Crippen LogP contribution >= 0.6 is 11.3 Å². The first-order chi connectivity index (χ1) is 18.1. The summed E-state index contributed by atoms with van der Waals surface area (Å²) < 4.78 is 31.9. The molecule has 1 fully saturated rings. The Morgan fingerprint density at radius 2 is 1.84 bits per heavy atom. The lowest BCUT2D eigenvalue weighted by Crippen LogP contribution is -2.41. The van der Waals surface area contributed by atoms with Gasteiger partial charge >= 0.3 is 6.09 Å². The third-order valence-corrected chi connectivity index (χ3v) is 9.16. The molecule has 13 heteroatoms. The molecule has 1 saturated carbocycles. The lowest BCUT2D eigenvalue weighted by Gasteiger charge is -2.15. The van der Waals surface area contributed by atoms with E-state index >= 15 is 0 Å². The molecule has 0 saturated heterocycles. The van der Waals surface area contributed by atoms with E-state index in [9.17, 15) is 22.8 Å². The Bertz CT molecular complexity index is 1450. The molecule has 0 radical (unpaired) electrons. The fraction of sp³-hybridized carbons (Fsp3) is 0.360. The van der Waals surface area contributed by atoms with Crippen LogP contribution in [0.5, 0.6) is 0 Å². The summed E-state index contributed by atoms with van der Waals surface area (Å²) >= 11 is 1.09. The first-order valence-electron chi connectivity index (χ1n) is 11.8. The Labute approximate surface area is 223 Å². The van der Waals surface area contributed by atoms with Gasteiger partial charge in [0.25, 0.3) is 0 Å². The molecule has 1 aromatic heterocycles. The van der Waals surface area contributed by atoms with Gasteiger partial charge in [-0.3, -0.25) is 14.5 Å². The molecule has 1 unspecified atom stereocenters. The molecule has 1 atom stereocenters. The number of hydrogen-bond acceptors (Lipinski definition) is 8. The number of sulfone groups is 1. The summed E-state index contributed by atoms with van der Waals surface area (Å²) in [5, 5.41) is 12.9. The number of aromatic nitrogens is 1. The zero-order chi connectivity index (χ0) is 27.4. The fourth-order valence-electron chi connectivity index (χ4n) is 3.73. The summed E-state index contributed by atoms with van der Waals surface area (Å²) in [5.74, 6) is -1.57. The molecule has 3 aromatic rings. The second-order valence-electron chi connectivity index (χ2n) is 8.92. The first kappa shape index (κ1) is 27.5. The van der Waals surface area contributed by atoms with Crippen LogP contribution in [0.15, 0.2) is 42.5 Å². The summed E-state index contributed by atoms with van der Waals surface area (Å²) in [7, 11) is -1.17. The molecule has 202 valence electrons. The average molecular weight is 561 g/mol. The molecule has 1 aliphatic carbocycles. The number of nitrogens with one attached hydrogen (secondary N) is 2. The summed E-state index contributed by atoms with van der Waals surface area (Å²) in [4.78, 5) is 41.8. The van der Waals surface area contributed by atoms with Crippen molar-refractivity contribution in [2.75, 3.05) is 38.0 Å². The van der Waals surface area contributed by atoms with Gasteiger partial charge in [0.15, 0.2) is 15.1 Å². The maximum atomic E-state index is 13.1. The van der Waals surface area contributed by atoms with Crippen molar-refractivity contribution >= 4 is 55.0 Å². The van der Waals surface area contributed by atoms with Gasteiger partial charge in [0.2, 0.25) is 11.8 Å². The largest absolute Gasteiger partial charge is 0.465 e. The topological polar surface area (TPSA) is 155 Å². The van der Waals surface area contributed by atoms with Crippen molar-refractivity contribution in [2.24, 2.45) is 0 Å². The lowest BCUT2D eigenvalue weighted by molar-refractivity contribution is -0.126. The summed E-state index contributed by atoms with van der Waals surface area (Å²) in [5.41, 5.74) is 2.69. The highest BCUT2D eigenvalue weighted by atomic mass is 32.2. The number of thiazole rings is 1. The van der Waals surface area contributed by atoms with Crippen molar-refractivity contribution in [3.63, 3.8) is 0 Å². The second kappa shape index (κ2) is 11.5. The predicted octanol–water partition coefficient (Wildman–Crippen LogP) is 2.57. The molecule has 3 N–H and O–H groups in total. The maximum absolute atomic E-state index is 13.1. The van der Waals surface area contributed by atoms with E-state index in [0.29, 0.717) is 15.9 Å². The Morgan fingerprint density at radius 1 is 1.16 bits per heavy atom. The number of ether oxygens (including phenoxy) is 1. The van der Waals surface area contributed by atoms with E-state index in [2.05, 4.69) is 15.6 Å². The number of nitrogens with zero attached hydrogens (tertiary/aromatic N) is 2. The zero-order valence-corrected chi connectivity index (χ0v) is 22.5. The number of hydrogen-bond donors (Lipinski definition) is 3. The minimum Gasteiger partial charge on any atom is -0.465 e. The van der Waals surface area contributed by atoms with E-state index in [1.54, 1.807) is 30.3 Å². The van der Waals surface area contributed by atoms with Gasteiger partial charge in [-0.2, -0.15) is 0 Å². The van der Waals surface area contributed by atoms with Crippen LogP contribution in [0.2, 0.25) is 0 Å². The molecule has 1 aliphatic rings. The van der Waals surface area contributed by atoms with Crippen LogP contribution in [0, 0.1) is 0 Å². The molecular weight excluding hydrogens is 532 g/mol. The van der Waals surface area contributed by atoms with Gasteiger partial charge in [-0.15, -0.1) is 11.3 Å². The number of amides is 3. The number of anilines is 1. The minimum absolute atomic E-state index is 0.0869. The van der Waals surface area contributed by atoms with E-state index in [-0.39, 0.29) is 35.9 Å². The monoisotopic (exact) mass is 560 g/mol. The van der Waals surface area contributed by atoms with Crippen LogP contribution in [0.1, 0.15) is 23.1 Å². The number of methoxy groups -OCH3 is 1. The third-order valence-electron chi connectivity index (χ3n) is 6.04. The Morgan fingerprint density at radius 3 is 2.47 bits per heavy atom. The SMILES string of the molecule is COCCS(=O)(=O)C(C(=O)NCC(=O)NC1CC1)c1nc2ccc(-c3ccc(N(C)C(=O)O)cc3)cc2s1. The van der Waals surface area contributed by atoms with E-state index in [4.69, 9.17) is 9.84 Å². The van der Waals surface area contributed by atoms with Gasteiger partial charge in [-0.25, -0.2) is 18.2 Å². The van der Waals surface area contributed by atoms with Crippen LogP contribution in [-0.4, -0.2) is 75.5 Å². The Hall–Kier alpha value is -3.55. The minimum atomic E-state index is -4.00. The van der Waals surface area contributed by atoms with Gasteiger partial charge in [-0.1, -0.05) is 18.2 Å². The van der Waals surface area contributed by atoms with Gasteiger partial charge < -0.3 is 20.5 Å². The smallest absolute Gasteiger partial charge is 0.411 e. The normalized spacial score (nSPS) is 14.2. The molecule has 0 spiro atoms. The maximum Gasteiger partial charge on any atom is 0.411 e. The highest BCUT2D eigenvalue weighted by Gasteiger charge is 2.37. The number of carbonyl (C=O) groups is 3. The van der Waals surface area contributed by atoms with Crippen LogP contribution in [0.4, 0.5) is 10.5 Å². The summed E-state index contributed by atoms with van der Waals surface area (Å²) in [6.07, 6.45) is 0.717. The number of carboxylic acid groups (broad SMARTS) is 1. The average Bonchev–Trinajstić information content (AvgIpc) is 3.61. The molecule has 2 aromatic carbocycles. The van der Waals surface area contributed by atoms with E-state index in [0.717, 1.165) is 40.2 Å². The fourth-order valence-corrected chi connectivity index (χ4v) is 6.71. The van der Waals surface area contributed by atoms with Gasteiger partial charge in [0.1, 0.15) is 5.01 Å². The van der Waals surface area contributed by atoms with Gasteiger partial charge in [0, 0.05) is 25.9 Å². The highest BCUT2D eigenvalue weighted by Crippen LogP contribution is 2.34. The van der Waals surface area contributed by atoms with Crippen molar-refractivity contribution in [3.8, 4) is 11.1 Å². The summed E-state index contributed by atoms with van der Waals surface area (Å²) in [6, 6.07) is 12.5. The van der Waals surface area contributed by atoms with E-state index < -0.39 is 27.1 Å². The van der Waals surface area contributed by atoms with Crippen molar-refractivity contribution in [1.82, 2.24) is 15.6 Å². The first-order valence-corrected chi connectivity index (χ1v) is 14.4. The number of fused-ring (bicyclic) bond motifs is 1. The zero-order valence-electron chi connectivity index (χ0n) is 20.8. The van der Waals surface area contributed by atoms with Gasteiger partial charge in [0.05, 0.1) is 29.1 Å². The summed E-state index contributed by atoms with van der Waals surface area (Å²) in [6.45, 7) is -0.413. The molecule has 0 aliphatic heterocycles. The van der Waals surface area contributed by atoms with Crippen LogP contribution in [0.25, 0.3) is 21.3 Å². The van der Waals surface area contributed by atoms with E-state index in [1.165, 1.54) is 14.2 Å². The van der Waals surface area contributed by atoms with Crippen molar-refractivity contribution in [2.45, 2.75) is 24.1 Å². The quantitative estimate of drug-likeness (QED) is 0.323. The molecule has 3 amide bonds. The number of benzene rings is 2. The molecule has 1 heterocycles. The lowest BCUT2D eigenvalue weighted by atomic mass is 10.1. The van der Waals surface area contributed by atoms with Crippen molar-refractivity contribution in [1.29, 1.82) is 0 Å². The van der Waals surface area contributed by atoms with E-state index in [1.807, 2.05) is 12.1 Å². The third kappa shape index (κ3) is 6.47. The van der Waals surface area contributed by atoms with Crippen LogP contribution < -0.4 is 15.5 Å². The van der Waals surface area contributed by atoms with Crippen LogP contribution in [0.3, 0.4) is 0 Å². The van der Waals surface area contributed by atoms with Gasteiger partial charge in [-0.05, 0) is 48.2 Å².